The molecule has 0 aromatic rings. The molecule has 2 aliphatic rings. The number of nitrogens with zero attached hydrogens (tertiary/aromatic N) is 1. The summed E-state index contributed by atoms with van der Waals surface area (Å²) >= 11 is 0. The fraction of sp³-hybridized carbons (Fsp3) is 0.778. The lowest BCUT2D eigenvalue weighted by molar-refractivity contribution is -0.138. The van der Waals surface area contributed by atoms with Crippen LogP contribution in [0.5, 0.6) is 0 Å². The summed E-state index contributed by atoms with van der Waals surface area (Å²) in [7, 11) is 1.73. The molecule has 1 aliphatic heterocycles. The number of carbonyl (C=O) groups excluding carboxylic acids is 2. The molecule has 0 aromatic heterocycles. The molecular formula is C9H14N2O2. The number of likely N-dealkylation sites (N-methyl/N-ethyl adjacent to an activating group) is 1. The highest BCUT2D eigenvalue weighted by atomic mass is 16.2. The van der Waals surface area contributed by atoms with Crippen molar-refractivity contribution in [3.05, 3.63) is 0 Å². The number of hydrogen-bond donors (Lipinski definition) is 1. The highest BCUT2D eigenvalue weighted by Gasteiger charge is 2.38. The Morgan fingerprint density at radius 2 is 2.15 bits per heavy atom. The van der Waals surface area contributed by atoms with E-state index in [1.807, 2.05) is 0 Å². The predicted molar refractivity (Wildman–Crippen MR) is 46.9 cm³/mol. The Labute approximate surface area is 77.3 Å². The van der Waals surface area contributed by atoms with E-state index in [0.29, 0.717) is 6.54 Å². The van der Waals surface area contributed by atoms with Crippen LogP contribution < -0.4 is 5.32 Å². The third-order valence-electron chi connectivity index (χ3n) is 2.76. The fourth-order valence-corrected chi connectivity index (χ4v) is 1.72. The molecule has 1 saturated carbocycles. The van der Waals surface area contributed by atoms with Gasteiger partial charge in [0.05, 0.1) is 0 Å². The minimum atomic E-state index is -0.215. The highest BCUT2D eigenvalue weighted by Crippen LogP contribution is 2.31. The first-order valence-electron chi connectivity index (χ1n) is 4.74. The maximum absolute atomic E-state index is 11.6. The third kappa shape index (κ3) is 1.53. The Morgan fingerprint density at radius 3 is 2.62 bits per heavy atom. The van der Waals surface area contributed by atoms with Gasteiger partial charge >= 0.3 is 0 Å². The number of hydrogen-bond acceptors (Lipinski definition) is 2. The zero-order valence-corrected chi connectivity index (χ0v) is 7.75. The van der Waals surface area contributed by atoms with Crippen molar-refractivity contribution in [3.8, 4) is 0 Å². The molecule has 1 heterocycles. The molecule has 1 aliphatic carbocycles. The van der Waals surface area contributed by atoms with Crippen LogP contribution in [0.4, 0.5) is 0 Å². The Morgan fingerprint density at radius 1 is 1.46 bits per heavy atom. The molecule has 4 heteroatoms. The summed E-state index contributed by atoms with van der Waals surface area (Å²) in [4.78, 5) is 24.5. The summed E-state index contributed by atoms with van der Waals surface area (Å²) in [6, 6.07) is -0.215. The molecule has 0 radical (unpaired) electrons. The summed E-state index contributed by atoms with van der Waals surface area (Å²) in [5.41, 5.74) is 0. The first-order chi connectivity index (χ1) is 6.20. The molecule has 2 rings (SSSR count). The second kappa shape index (κ2) is 3.01. The summed E-state index contributed by atoms with van der Waals surface area (Å²) in [6.07, 6.45) is 2.75. The van der Waals surface area contributed by atoms with E-state index in [4.69, 9.17) is 0 Å². The molecule has 1 atom stereocenters. The average Bonchev–Trinajstić information content (AvgIpc) is 2.87. The molecule has 72 valence electrons. The van der Waals surface area contributed by atoms with Gasteiger partial charge in [0, 0.05) is 19.5 Å². The molecule has 0 aromatic carbocycles. The predicted octanol–water partition coefficient (Wildman–Crippen LogP) is -0.257. The summed E-state index contributed by atoms with van der Waals surface area (Å²) < 4.78 is 0. The molecule has 1 N–H and O–H groups in total. The number of carbonyl (C=O) groups is 2. The van der Waals surface area contributed by atoms with Crippen LogP contribution in [-0.2, 0) is 9.59 Å². The normalized spacial score (nSPS) is 27.2. The van der Waals surface area contributed by atoms with Crippen LogP contribution in [0, 0.1) is 5.92 Å². The Kier molecular flexibility index (Phi) is 1.98. The first-order valence-corrected chi connectivity index (χ1v) is 4.74. The van der Waals surface area contributed by atoms with Crippen LogP contribution >= 0.6 is 0 Å². The maximum Gasteiger partial charge on any atom is 0.242 e. The van der Waals surface area contributed by atoms with Gasteiger partial charge in [0.1, 0.15) is 6.04 Å². The van der Waals surface area contributed by atoms with Gasteiger partial charge in [-0.3, -0.25) is 9.59 Å². The van der Waals surface area contributed by atoms with Crippen LogP contribution in [0.15, 0.2) is 0 Å². The zero-order chi connectivity index (χ0) is 9.42. The van der Waals surface area contributed by atoms with Gasteiger partial charge in [-0.2, -0.15) is 0 Å². The SMILES string of the molecule is CN(C(=O)C1CC1)C1CCNC1=O. The lowest BCUT2D eigenvalue weighted by Crippen LogP contribution is -2.42. The van der Waals surface area contributed by atoms with Crippen LogP contribution in [-0.4, -0.2) is 36.3 Å². The summed E-state index contributed by atoms with van der Waals surface area (Å²) in [6.45, 7) is 0.700. The summed E-state index contributed by atoms with van der Waals surface area (Å²) in [5, 5.41) is 2.73. The minimum absolute atomic E-state index is 0.00324. The quantitative estimate of drug-likeness (QED) is 0.640. The van der Waals surface area contributed by atoms with Gasteiger partial charge in [0.25, 0.3) is 0 Å². The lowest BCUT2D eigenvalue weighted by Gasteiger charge is -2.21. The molecule has 1 unspecified atom stereocenters. The largest absolute Gasteiger partial charge is 0.354 e. The minimum Gasteiger partial charge on any atom is -0.354 e. The molecular weight excluding hydrogens is 168 g/mol. The topological polar surface area (TPSA) is 49.4 Å². The van der Waals surface area contributed by atoms with Crippen molar-refractivity contribution in [1.82, 2.24) is 10.2 Å². The van der Waals surface area contributed by atoms with Gasteiger partial charge in [-0.1, -0.05) is 0 Å². The molecule has 0 spiro atoms. The van der Waals surface area contributed by atoms with Gasteiger partial charge in [-0.15, -0.1) is 0 Å². The van der Waals surface area contributed by atoms with Crippen molar-refractivity contribution in [2.75, 3.05) is 13.6 Å². The molecule has 4 nitrogen and oxygen atoms in total. The first kappa shape index (κ1) is 8.53. The van der Waals surface area contributed by atoms with Gasteiger partial charge in [-0.25, -0.2) is 0 Å². The maximum atomic E-state index is 11.6. The van der Waals surface area contributed by atoms with Crippen LogP contribution in [0.2, 0.25) is 0 Å². The third-order valence-corrected chi connectivity index (χ3v) is 2.76. The monoisotopic (exact) mass is 182 g/mol. The summed E-state index contributed by atoms with van der Waals surface area (Å²) in [5.74, 6) is 0.344. The van der Waals surface area contributed by atoms with Crippen LogP contribution in [0.25, 0.3) is 0 Å². The molecule has 1 saturated heterocycles. The van der Waals surface area contributed by atoms with Crippen molar-refractivity contribution < 1.29 is 9.59 Å². The van der Waals surface area contributed by atoms with E-state index in [1.165, 1.54) is 0 Å². The number of nitrogens with one attached hydrogen (secondary N) is 1. The Balaban J connectivity index is 1.98. The Hall–Kier alpha value is -1.06. The highest BCUT2D eigenvalue weighted by molar-refractivity contribution is 5.90. The lowest BCUT2D eigenvalue weighted by atomic mass is 10.2. The molecule has 0 bridgehead atoms. The number of amides is 2. The van der Waals surface area contributed by atoms with Gasteiger partial charge in [0.15, 0.2) is 0 Å². The van der Waals surface area contributed by atoms with Crippen molar-refractivity contribution in [1.29, 1.82) is 0 Å². The molecule has 13 heavy (non-hydrogen) atoms. The second-order valence-corrected chi connectivity index (χ2v) is 3.82. The van der Waals surface area contributed by atoms with Crippen molar-refractivity contribution in [2.24, 2.45) is 5.92 Å². The van der Waals surface area contributed by atoms with E-state index in [2.05, 4.69) is 5.32 Å². The van der Waals surface area contributed by atoms with Crippen molar-refractivity contribution in [2.45, 2.75) is 25.3 Å². The second-order valence-electron chi connectivity index (χ2n) is 3.82. The molecule has 2 amide bonds. The van der Waals surface area contributed by atoms with E-state index in [9.17, 15) is 9.59 Å². The van der Waals surface area contributed by atoms with E-state index >= 15 is 0 Å². The molecule has 2 fully saturated rings. The smallest absolute Gasteiger partial charge is 0.242 e. The van der Waals surface area contributed by atoms with E-state index in [-0.39, 0.29) is 23.8 Å². The van der Waals surface area contributed by atoms with E-state index in [0.717, 1.165) is 19.3 Å². The van der Waals surface area contributed by atoms with Gasteiger partial charge < -0.3 is 10.2 Å². The van der Waals surface area contributed by atoms with Gasteiger partial charge in [-0.05, 0) is 19.3 Å². The van der Waals surface area contributed by atoms with Crippen LogP contribution in [0.3, 0.4) is 0 Å². The zero-order valence-electron chi connectivity index (χ0n) is 7.75. The van der Waals surface area contributed by atoms with Gasteiger partial charge in [0.2, 0.25) is 11.8 Å². The van der Waals surface area contributed by atoms with Crippen LogP contribution in [0.1, 0.15) is 19.3 Å². The standard InChI is InChI=1S/C9H14N2O2/c1-11(9(13)6-2-3-6)7-4-5-10-8(7)12/h6-7H,2-5H2,1H3,(H,10,12). The fourth-order valence-electron chi connectivity index (χ4n) is 1.72. The number of rotatable bonds is 2. The Bertz CT molecular complexity index is 248. The van der Waals surface area contributed by atoms with E-state index in [1.54, 1.807) is 11.9 Å². The van der Waals surface area contributed by atoms with E-state index < -0.39 is 0 Å². The average molecular weight is 182 g/mol. The van der Waals surface area contributed by atoms with Crippen molar-refractivity contribution in [3.63, 3.8) is 0 Å². The van der Waals surface area contributed by atoms with Crippen molar-refractivity contribution >= 4 is 11.8 Å².